The van der Waals surface area contributed by atoms with Crippen molar-refractivity contribution in [3.05, 3.63) is 32.1 Å². The predicted molar refractivity (Wildman–Crippen MR) is 75.7 cm³/mol. The van der Waals surface area contributed by atoms with E-state index in [-0.39, 0.29) is 0 Å². The maximum absolute atomic E-state index is 5.96. The number of halogens is 2. The molecule has 90 valence electrons. The number of aromatic nitrogens is 2. The largest absolute Gasteiger partial charge is 0.382 e. The van der Waals surface area contributed by atoms with Crippen molar-refractivity contribution in [2.45, 2.75) is 6.42 Å². The van der Waals surface area contributed by atoms with Gasteiger partial charge in [-0.15, -0.1) is 11.3 Å². The molecule has 0 aliphatic carbocycles. The first-order valence-electron chi connectivity index (χ1n) is 4.91. The summed E-state index contributed by atoms with van der Waals surface area (Å²) in [6.45, 7) is 0.753. The molecule has 0 amide bonds. The van der Waals surface area contributed by atoms with Gasteiger partial charge in [-0.05, 0) is 34.5 Å². The van der Waals surface area contributed by atoms with Gasteiger partial charge >= 0.3 is 0 Å². The van der Waals surface area contributed by atoms with Gasteiger partial charge in [-0.3, -0.25) is 0 Å². The van der Waals surface area contributed by atoms with E-state index in [1.807, 2.05) is 6.07 Å². The highest BCUT2D eigenvalue weighted by Gasteiger charge is 2.05. The minimum Gasteiger partial charge on any atom is -0.382 e. The fourth-order valence-corrected chi connectivity index (χ4v) is 2.94. The summed E-state index contributed by atoms with van der Waals surface area (Å²) in [5.41, 5.74) is 5.58. The zero-order valence-electron chi connectivity index (χ0n) is 8.78. The van der Waals surface area contributed by atoms with E-state index in [1.54, 1.807) is 11.3 Å². The Morgan fingerprint density at radius 3 is 2.94 bits per heavy atom. The normalized spacial score (nSPS) is 10.5. The van der Waals surface area contributed by atoms with Gasteiger partial charge in [0.15, 0.2) is 0 Å². The van der Waals surface area contributed by atoms with Crippen LogP contribution in [0.25, 0.3) is 0 Å². The van der Waals surface area contributed by atoms with Gasteiger partial charge in [-0.1, -0.05) is 11.6 Å². The van der Waals surface area contributed by atoms with Gasteiger partial charge < -0.3 is 11.1 Å². The van der Waals surface area contributed by atoms with Gasteiger partial charge in [-0.2, -0.15) is 0 Å². The Kier molecular flexibility index (Phi) is 4.20. The summed E-state index contributed by atoms with van der Waals surface area (Å²) in [7, 11) is 0. The van der Waals surface area contributed by atoms with Crippen molar-refractivity contribution in [1.82, 2.24) is 9.97 Å². The number of rotatable bonds is 4. The molecule has 2 aromatic heterocycles. The Morgan fingerprint density at radius 2 is 2.24 bits per heavy atom. The molecule has 0 fully saturated rings. The van der Waals surface area contributed by atoms with Crippen molar-refractivity contribution in [2.24, 2.45) is 0 Å². The SMILES string of the molecule is Nc1ncnc(NCCc2ccc(Br)s2)c1Cl. The van der Waals surface area contributed by atoms with Crippen LogP contribution in [0, 0.1) is 0 Å². The highest BCUT2D eigenvalue weighted by molar-refractivity contribution is 9.11. The van der Waals surface area contributed by atoms with Crippen molar-refractivity contribution in [3.63, 3.8) is 0 Å². The average Bonchev–Trinajstić information content (AvgIpc) is 2.70. The van der Waals surface area contributed by atoms with Crippen LogP contribution < -0.4 is 11.1 Å². The standard InChI is InChI=1S/C10H10BrClN4S/c11-7-2-1-6(17-7)3-4-14-10-8(12)9(13)15-5-16-10/h1-2,5H,3-4H2,(H3,13,14,15,16). The molecule has 0 aliphatic rings. The molecular weight excluding hydrogens is 324 g/mol. The van der Waals surface area contributed by atoms with E-state index in [2.05, 4.69) is 37.3 Å². The van der Waals surface area contributed by atoms with Crippen LogP contribution in [0.5, 0.6) is 0 Å². The summed E-state index contributed by atoms with van der Waals surface area (Å²) >= 11 is 11.1. The molecule has 0 atom stereocenters. The number of nitrogens with one attached hydrogen (secondary N) is 1. The lowest BCUT2D eigenvalue weighted by atomic mass is 10.3. The highest BCUT2D eigenvalue weighted by Crippen LogP contribution is 2.24. The van der Waals surface area contributed by atoms with E-state index in [1.165, 1.54) is 11.2 Å². The molecule has 2 rings (SSSR count). The van der Waals surface area contributed by atoms with Crippen molar-refractivity contribution in [1.29, 1.82) is 0 Å². The molecule has 0 radical (unpaired) electrons. The molecule has 0 saturated heterocycles. The molecule has 0 spiro atoms. The molecule has 0 saturated carbocycles. The number of nitrogen functional groups attached to an aromatic ring is 1. The Balaban J connectivity index is 1.92. The summed E-state index contributed by atoms with van der Waals surface area (Å²) < 4.78 is 1.14. The fraction of sp³-hybridized carbons (Fsp3) is 0.200. The van der Waals surface area contributed by atoms with E-state index in [9.17, 15) is 0 Å². The zero-order valence-corrected chi connectivity index (χ0v) is 11.9. The van der Waals surface area contributed by atoms with Crippen LogP contribution in [0.4, 0.5) is 11.6 Å². The topological polar surface area (TPSA) is 63.8 Å². The minimum absolute atomic E-state index is 0.294. The van der Waals surface area contributed by atoms with Gasteiger partial charge in [0.05, 0.1) is 3.79 Å². The third-order valence-electron chi connectivity index (χ3n) is 2.11. The summed E-state index contributed by atoms with van der Waals surface area (Å²) in [4.78, 5) is 9.13. The van der Waals surface area contributed by atoms with E-state index in [4.69, 9.17) is 17.3 Å². The second-order valence-corrected chi connectivity index (χ2v) is 6.23. The van der Waals surface area contributed by atoms with E-state index in [0.29, 0.717) is 16.7 Å². The van der Waals surface area contributed by atoms with Crippen LogP contribution in [0.2, 0.25) is 5.02 Å². The molecule has 7 heteroatoms. The fourth-order valence-electron chi connectivity index (χ4n) is 1.30. The van der Waals surface area contributed by atoms with Gasteiger partial charge in [-0.25, -0.2) is 9.97 Å². The lowest BCUT2D eigenvalue weighted by molar-refractivity contribution is 1.02. The Labute approximate surface area is 116 Å². The Morgan fingerprint density at radius 1 is 1.41 bits per heavy atom. The second-order valence-electron chi connectivity index (χ2n) is 3.30. The van der Waals surface area contributed by atoms with Crippen LogP contribution >= 0.6 is 38.9 Å². The first-order chi connectivity index (χ1) is 8.16. The first kappa shape index (κ1) is 12.6. The van der Waals surface area contributed by atoms with Crippen LogP contribution in [-0.4, -0.2) is 16.5 Å². The van der Waals surface area contributed by atoms with Crippen LogP contribution in [0.1, 0.15) is 4.88 Å². The highest BCUT2D eigenvalue weighted by atomic mass is 79.9. The lowest BCUT2D eigenvalue weighted by Crippen LogP contribution is -2.07. The van der Waals surface area contributed by atoms with Crippen LogP contribution in [0.3, 0.4) is 0 Å². The van der Waals surface area contributed by atoms with Gasteiger partial charge in [0, 0.05) is 11.4 Å². The molecule has 0 bridgehead atoms. The monoisotopic (exact) mass is 332 g/mol. The van der Waals surface area contributed by atoms with Crippen molar-refractivity contribution < 1.29 is 0 Å². The van der Waals surface area contributed by atoms with Gasteiger partial charge in [0.1, 0.15) is 23.0 Å². The lowest BCUT2D eigenvalue weighted by Gasteiger charge is -2.06. The third-order valence-corrected chi connectivity index (χ3v) is 4.17. The number of hydrogen-bond acceptors (Lipinski definition) is 5. The average molecular weight is 334 g/mol. The number of hydrogen-bond donors (Lipinski definition) is 2. The number of nitrogens with two attached hydrogens (primary N) is 1. The summed E-state index contributed by atoms with van der Waals surface area (Å²) in [6, 6.07) is 4.13. The number of thiophene rings is 1. The van der Waals surface area contributed by atoms with Gasteiger partial charge in [0.25, 0.3) is 0 Å². The molecular formula is C10H10BrClN4S. The first-order valence-corrected chi connectivity index (χ1v) is 6.89. The summed E-state index contributed by atoms with van der Waals surface area (Å²) in [5.74, 6) is 0.873. The second kappa shape index (κ2) is 5.66. The van der Waals surface area contributed by atoms with E-state index < -0.39 is 0 Å². The van der Waals surface area contributed by atoms with Crippen molar-refractivity contribution in [2.75, 3.05) is 17.6 Å². The molecule has 2 aromatic rings. The maximum Gasteiger partial charge on any atom is 0.150 e. The molecule has 0 aliphatic heterocycles. The maximum atomic E-state index is 5.96. The van der Waals surface area contributed by atoms with Crippen LogP contribution in [-0.2, 0) is 6.42 Å². The quantitative estimate of drug-likeness (QED) is 0.902. The smallest absolute Gasteiger partial charge is 0.150 e. The van der Waals surface area contributed by atoms with Gasteiger partial charge in [0.2, 0.25) is 0 Å². The van der Waals surface area contributed by atoms with Crippen molar-refractivity contribution >= 4 is 50.5 Å². The summed E-state index contributed by atoms with van der Waals surface area (Å²) in [6.07, 6.45) is 2.31. The van der Waals surface area contributed by atoms with Crippen LogP contribution in [0.15, 0.2) is 22.2 Å². The molecule has 4 nitrogen and oxygen atoms in total. The molecule has 2 heterocycles. The van der Waals surface area contributed by atoms with Crippen molar-refractivity contribution in [3.8, 4) is 0 Å². The number of anilines is 2. The molecule has 3 N–H and O–H groups in total. The molecule has 0 unspecified atom stereocenters. The number of nitrogens with zero attached hydrogens (tertiary/aromatic N) is 2. The Hall–Kier alpha value is -0.850. The predicted octanol–water partition coefficient (Wildman–Crippen LogP) is 3.19. The zero-order chi connectivity index (χ0) is 12.3. The molecule has 0 aromatic carbocycles. The van der Waals surface area contributed by atoms with E-state index >= 15 is 0 Å². The minimum atomic E-state index is 0.294. The Bertz CT molecular complexity index is 517. The van der Waals surface area contributed by atoms with E-state index in [0.717, 1.165) is 16.8 Å². The molecule has 17 heavy (non-hydrogen) atoms. The summed E-state index contributed by atoms with van der Waals surface area (Å²) in [5, 5.41) is 3.51. The third kappa shape index (κ3) is 3.31.